The van der Waals surface area contributed by atoms with Crippen LogP contribution in [0.3, 0.4) is 0 Å². The number of halogens is 1. The van der Waals surface area contributed by atoms with Gasteiger partial charge in [-0.1, -0.05) is 30.3 Å². The van der Waals surface area contributed by atoms with Crippen molar-refractivity contribution in [1.82, 2.24) is 19.9 Å². The lowest BCUT2D eigenvalue weighted by Crippen LogP contribution is -2.01. The highest BCUT2D eigenvalue weighted by atomic mass is 35.5. The first-order chi connectivity index (χ1) is 15.7. The van der Waals surface area contributed by atoms with Crippen LogP contribution in [0, 0.1) is 6.92 Å². The molecule has 0 saturated heterocycles. The highest BCUT2D eigenvalue weighted by Crippen LogP contribution is 2.26. The lowest BCUT2D eigenvalue weighted by molar-refractivity contribution is 0.415. The van der Waals surface area contributed by atoms with Gasteiger partial charge in [-0.2, -0.15) is 4.98 Å². The quantitative estimate of drug-likeness (QED) is 0.279. The summed E-state index contributed by atoms with van der Waals surface area (Å²) in [5.74, 6) is 2.79. The number of para-hydroxylation sites is 2. The number of methoxy groups -OCH3 is 1. The average molecular weight is 459 g/mol. The molecule has 2 aromatic heterocycles. The Labute approximate surface area is 197 Å². The van der Waals surface area contributed by atoms with Crippen molar-refractivity contribution in [1.29, 1.82) is 0 Å². The summed E-state index contributed by atoms with van der Waals surface area (Å²) >= 11 is 0. The molecule has 33 heavy (non-hydrogen) atoms. The monoisotopic (exact) mass is 458 g/mol. The minimum Gasteiger partial charge on any atom is -0.497 e. The zero-order chi connectivity index (χ0) is 21.9. The van der Waals surface area contributed by atoms with Gasteiger partial charge >= 0.3 is 0 Å². The Balaban J connectivity index is 0.00000259. The summed E-state index contributed by atoms with van der Waals surface area (Å²) in [6, 6.07) is 23.7. The second-order valence-corrected chi connectivity index (χ2v) is 7.38. The van der Waals surface area contributed by atoms with Crippen molar-refractivity contribution < 1.29 is 4.74 Å². The van der Waals surface area contributed by atoms with Crippen molar-refractivity contribution in [3.8, 4) is 17.1 Å². The minimum absolute atomic E-state index is 0. The third-order valence-electron chi connectivity index (χ3n) is 5.14. The molecule has 7 nitrogen and oxygen atoms in total. The second kappa shape index (κ2) is 9.58. The Morgan fingerprint density at radius 2 is 1.76 bits per heavy atom. The van der Waals surface area contributed by atoms with Gasteiger partial charge in [0.25, 0.3) is 0 Å². The topological polar surface area (TPSA) is 87.8 Å². The van der Waals surface area contributed by atoms with Gasteiger partial charge in [0, 0.05) is 29.2 Å². The van der Waals surface area contributed by atoms with Crippen molar-refractivity contribution in [3.63, 3.8) is 0 Å². The Morgan fingerprint density at radius 3 is 2.61 bits per heavy atom. The van der Waals surface area contributed by atoms with Crippen molar-refractivity contribution >= 4 is 46.6 Å². The van der Waals surface area contributed by atoms with Crippen LogP contribution in [0.2, 0.25) is 0 Å². The van der Waals surface area contributed by atoms with Gasteiger partial charge in [-0.15, -0.1) is 12.4 Å². The third kappa shape index (κ3) is 4.88. The number of nitrogens with one attached hydrogen (secondary N) is 3. The van der Waals surface area contributed by atoms with Crippen LogP contribution in [-0.2, 0) is 0 Å². The Kier molecular flexibility index (Phi) is 6.42. The minimum atomic E-state index is 0. The van der Waals surface area contributed by atoms with Crippen molar-refractivity contribution in [2.75, 3.05) is 17.7 Å². The number of benzene rings is 3. The van der Waals surface area contributed by atoms with E-state index in [-0.39, 0.29) is 12.4 Å². The maximum atomic E-state index is 5.32. The van der Waals surface area contributed by atoms with Crippen LogP contribution in [0.15, 0.2) is 79.0 Å². The molecule has 8 heteroatoms. The van der Waals surface area contributed by atoms with E-state index in [1.807, 2.05) is 79.7 Å². The molecular formula is C25H23ClN6O. The zero-order valence-corrected chi connectivity index (χ0v) is 19.0. The molecule has 3 aromatic carbocycles. The second-order valence-electron chi connectivity index (χ2n) is 7.38. The molecule has 0 amide bonds. The highest BCUT2D eigenvalue weighted by molar-refractivity contribution is 5.85. The summed E-state index contributed by atoms with van der Waals surface area (Å²) in [5, 5.41) is 6.62. The lowest BCUT2D eigenvalue weighted by atomic mass is 10.2. The van der Waals surface area contributed by atoms with Crippen LogP contribution in [0.5, 0.6) is 5.75 Å². The van der Waals surface area contributed by atoms with Crippen molar-refractivity contribution in [2.24, 2.45) is 0 Å². The van der Waals surface area contributed by atoms with Crippen molar-refractivity contribution in [3.05, 3.63) is 84.6 Å². The van der Waals surface area contributed by atoms with Crippen LogP contribution < -0.4 is 15.4 Å². The molecule has 0 aliphatic heterocycles. The molecule has 0 saturated carbocycles. The fraction of sp³-hybridized carbons (Fsp3) is 0.0800. The standard InChI is InChI=1S/C25H22N6O.ClH/c1-16-10-11-19(32-2)15-22(16)28-23-12-13-26-25(31-23)27-18-7-5-6-17(14-18)24-29-20-8-3-4-9-21(20)30-24;/h3-15H,1-2H3,(H,29,30)(H2,26,27,28,31);1H. The number of nitrogens with zero attached hydrogens (tertiary/aromatic N) is 3. The normalized spacial score (nSPS) is 10.5. The molecule has 0 atom stereocenters. The maximum Gasteiger partial charge on any atom is 0.229 e. The predicted molar refractivity (Wildman–Crippen MR) is 135 cm³/mol. The Morgan fingerprint density at radius 1 is 0.879 bits per heavy atom. The first kappa shape index (κ1) is 22.1. The number of ether oxygens (including phenoxy) is 1. The molecule has 2 heterocycles. The van der Waals surface area contributed by atoms with Gasteiger partial charge in [-0.3, -0.25) is 0 Å². The van der Waals surface area contributed by atoms with Crippen LogP contribution in [0.1, 0.15) is 5.56 Å². The summed E-state index contributed by atoms with van der Waals surface area (Å²) < 4.78 is 5.32. The number of hydrogen-bond acceptors (Lipinski definition) is 6. The molecule has 0 unspecified atom stereocenters. The molecule has 5 aromatic rings. The largest absolute Gasteiger partial charge is 0.497 e. The van der Waals surface area contributed by atoms with Crippen LogP contribution in [0.25, 0.3) is 22.4 Å². The van der Waals surface area contributed by atoms with E-state index in [9.17, 15) is 0 Å². The van der Waals surface area contributed by atoms with Crippen LogP contribution in [-0.4, -0.2) is 27.0 Å². The third-order valence-corrected chi connectivity index (χ3v) is 5.14. The van der Waals surface area contributed by atoms with Gasteiger partial charge in [0.15, 0.2) is 0 Å². The van der Waals surface area contributed by atoms with Gasteiger partial charge in [-0.25, -0.2) is 9.97 Å². The van der Waals surface area contributed by atoms with Gasteiger partial charge < -0.3 is 20.4 Å². The molecule has 0 spiro atoms. The number of aromatic amines is 1. The number of fused-ring (bicyclic) bond motifs is 1. The fourth-order valence-corrected chi connectivity index (χ4v) is 3.45. The van der Waals surface area contributed by atoms with Gasteiger partial charge in [-0.05, 0) is 48.9 Å². The van der Waals surface area contributed by atoms with Crippen LogP contribution >= 0.6 is 12.4 Å². The summed E-state index contributed by atoms with van der Waals surface area (Å²) in [5.41, 5.74) is 5.83. The van der Waals surface area contributed by atoms with Gasteiger partial charge in [0.05, 0.1) is 18.1 Å². The molecule has 0 aliphatic rings. The highest BCUT2D eigenvalue weighted by Gasteiger charge is 2.08. The molecule has 0 bridgehead atoms. The summed E-state index contributed by atoms with van der Waals surface area (Å²) in [7, 11) is 1.65. The molecule has 3 N–H and O–H groups in total. The first-order valence-corrected chi connectivity index (χ1v) is 10.2. The number of rotatable bonds is 6. The number of hydrogen-bond donors (Lipinski definition) is 3. The predicted octanol–water partition coefficient (Wildman–Crippen LogP) is 6.25. The van der Waals surface area contributed by atoms with E-state index >= 15 is 0 Å². The summed E-state index contributed by atoms with van der Waals surface area (Å²) in [6.45, 7) is 2.03. The van der Waals surface area contributed by atoms with E-state index in [1.165, 1.54) is 0 Å². The van der Waals surface area contributed by atoms with E-state index in [1.54, 1.807) is 13.3 Å². The van der Waals surface area contributed by atoms with Crippen LogP contribution in [0.4, 0.5) is 23.1 Å². The van der Waals surface area contributed by atoms with E-state index < -0.39 is 0 Å². The first-order valence-electron chi connectivity index (χ1n) is 10.2. The van der Waals surface area contributed by atoms with E-state index in [0.29, 0.717) is 11.8 Å². The smallest absolute Gasteiger partial charge is 0.229 e. The SMILES string of the molecule is COc1ccc(C)c(Nc2ccnc(Nc3cccc(-c4nc5ccccc5[nH]4)c3)n2)c1.Cl. The average Bonchev–Trinajstić information content (AvgIpc) is 3.25. The number of anilines is 4. The number of H-pyrrole nitrogens is 1. The number of imidazole rings is 1. The van der Waals surface area contributed by atoms with E-state index in [4.69, 9.17) is 4.74 Å². The van der Waals surface area contributed by atoms with Gasteiger partial charge in [0.2, 0.25) is 5.95 Å². The van der Waals surface area contributed by atoms with E-state index in [0.717, 1.165) is 45.1 Å². The molecule has 0 fully saturated rings. The zero-order valence-electron chi connectivity index (χ0n) is 18.2. The van der Waals surface area contributed by atoms with E-state index in [2.05, 4.69) is 30.6 Å². The molecule has 5 rings (SSSR count). The number of aromatic nitrogens is 4. The maximum absolute atomic E-state index is 5.32. The lowest BCUT2D eigenvalue weighted by Gasteiger charge is -2.12. The fourth-order valence-electron chi connectivity index (χ4n) is 3.45. The molecule has 0 radical (unpaired) electrons. The molecular weight excluding hydrogens is 436 g/mol. The number of aryl methyl sites for hydroxylation is 1. The molecule has 0 aliphatic carbocycles. The Hall–Kier alpha value is -4.10. The van der Waals surface area contributed by atoms with Gasteiger partial charge in [0.1, 0.15) is 17.4 Å². The summed E-state index contributed by atoms with van der Waals surface area (Å²) in [6.07, 6.45) is 1.72. The molecule has 166 valence electrons. The van der Waals surface area contributed by atoms with Crippen molar-refractivity contribution in [2.45, 2.75) is 6.92 Å². The summed E-state index contributed by atoms with van der Waals surface area (Å²) in [4.78, 5) is 17.0. The Bertz CT molecular complexity index is 1370.